The van der Waals surface area contributed by atoms with Gasteiger partial charge in [0.05, 0.1) is 18.5 Å². The van der Waals surface area contributed by atoms with Gasteiger partial charge in [-0.25, -0.2) is 4.98 Å². The number of nitrogen functional groups attached to an aromatic ring is 1. The first kappa shape index (κ1) is 23.3. The van der Waals surface area contributed by atoms with Crippen LogP contribution in [0.3, 0.4) is 0 Å². The summed E-state index contributed by atoms with van der Waals surface area (Å²) >= 11 is 1.38. The minimum Gasteiger partial charge on any atom is -0.497 e. The normalized spacial score (nSPS) is 13.0. The van der Waals surface area contributed by atoms with Crippen LogP contribution < -0.4 is 15.4 Å². The summed E-state index contributed by atoms with van der Waals surface area (Å²) in [6, 6.07) is 26.4. The molecule has 6 heteroatoms. The number of benzene rings is 3. The summed E-state index contributed by atoms with van der Waals surface area (Å²) in [7, 11) is 1.66. The molecule has 3 heterocycles. The van der Waals surface area contributed by atoms with Gasteiger partial charge in [0.25, 0.3) is 5.91 Å². The number of thiophene rings is 1. The number of hydrogen-bond donors (Lipinski definition) is 1. The molecule has 0 saturated heterocycles. The van der Waals surface area contributed by atoms with Crippen LogP contribution in [0.25, 0.3) is 32.6 Å². The highest BCUT2D eigenvalue weighted by Crippen LogP contribution is 2.42. The SMILES string of the molecule is COc1ccc(-c2cc(-c3ccc(C)cc3)c3c(N)c(C(=O)N4CCCc5ccccc54)sc3n2)cc1. The smallest absolute Gasteiger partial charge is 0.270 e. The highest BCUT2D eigenvalue weighted by molar-refractivity contribution is 7.21. The van der Waals surface area contributed by atoms with Crippen molar-refractivity contribution in [3.63, 3.8) is 0 Å². The Morgan fingerprint density at radius 2 is 1.73 bits per heavy atom. The van der Waals surface area contributed by atoms with Crippen LogP contribution >= 0.6 is 11.3 Å². The molecule has 0 fully saturated rings. The van der Waals surface area contributed by atoms with E-state index in [4.69, 9.17) is 15.5 Å². The highest BCUT2D eigenvalue weighted by atomic mass is 32.1. The van der Waals surface area contributed by atoms with E-state index in [0.29, 0.717) is 17.1 Å². The largest absolute Gasteiger partial charge is 0.497 e. The van der Waals surface area contributed by atoms with Crippen LogP contribution in [0.5, 0.6) is 5.75 Å². The Hall–Kier alpha value is -4.16. The molecule has 0 saturated carbocycles. The van der Waals surface area contributed by atoms with Gasteiger partial charge in [0, 0.05) is 23.2 Å². The molecule has 0 atom stereocenters. The minimum absolute atomic E-state index is 0.0616. The number of nitrogens with zero attached hydrogens (tertiary/aromatic N) is 2. The standard InChI is InChI=1S/C31H27N3O2S/c1-19-9-11-20(12-10-19)24-18-25(21-13-15-23(36-2)16-14-21)33-30-27(24)28(32)29(37-30)31(35)34-17-5-7-22-6-3-4-8-26(22)34/h3-4,6,8-16,18H,5,7,17,32H2,1-2H3. The number of ether oxygens (including phenoxy) is 1. The van der Waals surface area contributed by atoms with Crippen molar-refractivity contribution >= 4 is 38.8 Å². The van der Waals surface area contributed by atoms with E-state index >= 15 is 0 Å². The molecule has 0 aliphatic carbocycles. The van der Waals surface area contributed by atoms with Gasteiger partial charge < -0.3 is 15.4 Å². The number of aryl methyl sites for hydroxylation is 2. The van der Waals surface area contributed by atoms with Gasteiger partial charge in [-0.2, -0.15) is 0 Å². The van der Waals surface area contributed by atoms with Gasteiger partial charge in [0.15, 0.2) is 0 Å². The van der Waals surface area contributed by atoms with Crippen LogP contribution in [0, 0.1) is 6.92 Å². The van der Waals surface area contributed by atoms with E-state index in [1.807, 2.05) is 47.4 Å². The van der Waals surface area contributed by atoms with E-state index in [9.17, 15) is 4.79 Å². The lowest BCUT2D eigenvalue weighted by molar-refractivity contribution is 0.0990. The van der Waals surface area contributed by atoms with Crippen LogP contribution in [0.4, 0.5) is 11.4 Å². The molecule has 0 bridgehead atoms. The predicted molar refractivity (Wildman–Crippen MR) is 153 cm³/mol. The van der Waals surface area contributed by atoms with E-state index in [1.165, 1.54) is 22.5 Å². The number of nitrogens with two attached hydrogens (primary N) is 1. The first-order valence-electron chi connectivity index (χ1n) is 12.4. The summed E-state index contributed by atoms with van der Waals surface area (Å²) in [6.07, 6.45) is 1.91. The molecule has 184 valence electrons. The third-order valence-corrected chi connectivity index (χ3v) is 8.08. The van der Waals surface area contributed by atoms with Gasteiger partial charge in [-0.05, 0) is 72.9 Å². The summed E-state index contributed by atoms with van der Waals surface area (Å²) in [5.41, 5.74) is 14.4. The van der Waals surface area contributed by atoms with Crippen molar-refractivity contribution in [1.29, 1.82) is 0 Å². The number of methoxy groups -OCH3 is 1. The van der Waals surface area contributed by atoms with E-state index in [1.54, 1.807) is 7.11 Å². The first-order chi connectivity index (χ1) is 18.0. The number of fused-ring (bicyclic) bond motifs is 2. The molecular weight excluding hydrogens is 478 g/mol. The summed E-state index contributed by atoms with van der Waals surface area (Å²) in [4.78, 5) is 22.0. The molecule has 1 aliphatic rings. The maximum atomic E-state index is 13.9. The number of carbonyl (C=O) groups is 1. The van der Waals surface area contributed by atoms with E-state index < -0.39 is 0 Å². The summed E-state index contributed by atoms with van der Waals surface area (Å²) in [5, 5.41) is 0.833. The summed E-state index contributed by atoms with van der Waals surface area (Å²) in [6.45, 7) is 2.75. The average Bonchev–Trinajstić information content (AvgIpc) is 3.28. The third kappa shape index (κ3) is 4.13. The topological polar surface area (TPSA) is 68.5 Å². The predicted octanol–water partition coefficient (Wildman–Crippen LogP) is 7.12. The number of amides is 1. The van der Waals surface area contributed by atoms with Gasteiger partial charge in [-0.3, -0.25) is 4.79 Å². The van der Waals surface area contributed by atoms with E-state index in [0.717, 1.165) is 56.9 Å². The Morgan fingerprint density at radius 3 is 2.49 bits per heavy atom. The highest BCUT2D eigenvalue weighted by Gasteiger charge is 2.28. The monoisotopic (exact) mass is 505 g/mol. The molecule has 2 N–H and O–H groups in total. The average molecular weight is 506 g/mol. The maximum absolute atomic E-state index is 13.9. The molecule has 1 aliphatic heterocycles. The number of carbonyl (C=O) groups excluding carboxylic acids is 1. The fourth-order valence-corrected chi connectivity index (χ4v) is 6.09. The van der Waals surface area contributed by atoms with Gasteiger partial charge in [0.2, 0.25) is 0 Å². The maximum Gasteiger partial charge on any atom is 0.270 e. The van der Waals surface area contributed by atoms with E-state index in [2.05, 4.69) is 43.3 Å². The lowest BCUT2D eigenvalue weighted by Crippen LogP contribution is -2.35. The molecule has 5 nitrogen and oxygen atoms in total. The molecule has 6 rings (SSSR count). The van der Waals surface area contributed by atoms with Crippen molar-refractivity contribution in [3.05, 3.63) is 94.9 Å². The van der Waals surface area contributed by atoms with Crippen LogP contribution in [0.15, 0.2) is 78.9 Å². The number of rotatable bonds is 4. The Kier molecular flexibility index (Phi) is 5.89. The molecule has 3 aromatic carbocycles. The molecule has 37 heavy (non-hydrogen) atoms. The van der Waals surface area contributed by atoms with Crippen LogP contribution in [0.1, 0.15) is 27.2 Å². The number of pyridine rings is 1. The summed E-state index contributed by atoms with van der Waals surface area (Å²) in [5.74, 6) is 0.729. The second kappa shape index (κ2) is 9.37. The molecule has 5 aromatic rings. The molecular formula is C31H27N3O2S. The number of anilines is 2. The van der Waals surface area contributed by atoms with Gasteiger partial charge in [-0.15, -0.1) is 11.3 Å². The van der Waals surface area contributed by atoms with E-state index in [-0.39, 0.29) is 5.91 Å². The van der Waals surface area contributed by atoms with Crippen LogP contribution in [0.2, 0.25) is 0 Å². The zero-order chi connectivity index (χ0) is 25.5. The minimum atomic E-state index is -0.0616. The summed E-state index contributed by atoms with van der Waals surface area (Å²) < 4.78 is 5.33. The van der Waals surface area contributed by atoms with Crippen LogP contribution in [-0.4, -0.2) is 24.5 Å². The Bertz CT molecular complexity index is 1620. The Morgan fingerprint density at radius 1 is 1.00 bits per heavy atom. The van der Waals surface area contributed by atoms with Crippen molar-refractivity contribution in [2.24, 2.45) is 0 Å². The van der Waals surface area contributed by atoms with Gasteiger partial charge in [-0.1, -0.05) is 48.0 Å². The van der Waals surface area contributed by atoms with Crippen molar-refractivity contribution in [2.45, 2.75) is 19.8 Å². The Balaban J connectivity index is 1.52. The van der Waals surface area contributed by atoms with Gasteiger partial charge >= 0.3 is 0 Å². The number of para-hydroxylation sites is 1. The van der Waals surface area contributed by atoms with Crippen molar-refractivity contribution in [1.82, 2.24) is 4.98 Å². The lowest BCUT2D eigenvalue weighted by atomic mass is 9.98. The van der Waals surface area contributed by atoms with Crippen molar-refractivity contribution in [3.8, 4) is 28.1 Å². The first-order valence-corrected chi connectivity index (χ1v) is 13.2. The number of hydrogen-bond acceptors (Lipinski definition) is 5. The van der Waals surface area contributed by atoms with Crippen molar-refractivity contribution in [2.75, 3.05) is 24.3 Å². The molecule has 0 unspecified atom stereocenters. The molecule has 2 aromatic heterocycles. The second-order valence-corrected chi connectivity index (χ2v) is 10.4. The lowest BCUT2D eigenvalue weighted by Gasteiger charge is -2.29. The van der Waals surface area contributed by atoms with Gasteiger partial charge in [0.1, 0.15) is 15.5 Å². The van der Waals surface area contributed by atoms with Crippen LogP contribution in [-0.2, 0) is 6.42 Å². The second-order valence-electron chi connectivity index (χ2n) is 9.36. The zero-order valence-corrected chi connectivity index (χ0v) is 21.6. The Labute approximate surface area is 220 Å². The molecule has 1 amide bonds. The fourth-order valence-electron chi connectivity index (χ4n) is 5.02. The third-order valence-electron chi connectivity index (χ3n) is 7.00. The zero-order valence-electron chi connectivity index (χ0n) is 20.8. The fraction of sp³-hybridized carbons (Fsp3) is 0.161. The number of aromatic nitrogens is 1. The quantitative estimate of drug-likeness (QED) is 0.282. The molecule has 0 spiro atoms. The molecule has 0 radical (unpaired) electrons. The van der Waals surface area contributed by atoms with Crippen molar-refractivity contribution < 1.29 is 9.53 Å².